The molecule has 1 aliphatic carbocycles. The Kier molecular flexibility index (Phi) is 7.75. The maximum absolute atomic E-state index is 12.6. The molecule has 0 amide bonds. The largest absolute Gasteiger partial charge is 0.495 e. The number of hydrogen-bond donors (Lipinski definition) is 1. The van der Waals surface area contributed by atoms with Gasteiger partial charge in [0.15, 0.2) is 5.78 Å². The van der Waals surface area contributed by atoms with Crippen LogP contribution in [-0.4, -0.2) is 74.0 Å². The second-order valence-corrected chi connectivity index (χ2v) is 8.49. The van der Waals surface area contributed by atoms with E-state index in [1.54, 1.807) is 25.3 Å². The Hall–Kier alpha value is -1.14. The van der Waals surface area contributed by atoms with Gasteiger partial charge in [0.25, 0.3) is 0 Å². The Morgan fingerprint density at radius 2 is 1.89 bits per heavy atom. The number of nitrogens with one attached hydrogen (secondary N) is 1. The predicted molar refractivity (Wildman–Crippen MR) is 115 cm³/mol. The fourth-order valence-electron chi connectivity index (χ4n) is 4.70. The van der Waals surface area contributed by atoms with Gasteiger partial charge >= 0.3 is 0 Å². The molecule has 1 aliphatic heterocycles. The maximum atomic E-state index is 12.6. The van der Waals surface area contributed by atoms with Gasteiger partial charge in [-0.1, -0.05) is 37.8 Å². The van der Waals surface area contributed by atoms with Crippen LogP contribution in [0.3, 0.4) is 0 Å². The van der Waals surface area contributed by atoms with Crippen molar-refractivity contribution in [2.45, 2.75) is 44.6 Å². The second-order valence-electron chi connectivity index (χ2n) is 8.08. The summed E-state index contributed by atoms with van der Waals surface area (Å²) >= 11 is 6.17. The second kappa shape index (κ2) is 10.1. The first kappa shape index (κ1) is 21.6. The molecule has 0 radical (unpaired) electrons. The summed E-state index contributed by atoms with van der Waals surface area (Å²) in [4.78, 5) is 17.8. The number of benzene rings is 1. The summed E-state index contributed by atoms with van der Waals surface area (Å²) in [6, 6.07) is 5.24. The molecular weight excluding hydrogens is 374 g/mol. The van der Waals surface area contributed by atoms with Gasteiger partial charge in [0.05, 0.1) is 18.7 Å². The number of ketones is 1. The molecule has 0 bridgehead atoms. The van der Waals surface area contributed by atoms with E-state index in [4.69, 9.17) is 16.3 Å². The van der Waals surface area contributed by atoms with Crippen molar-refractivity contribution in [1.29, 1.82) is 0 Å². The molecular formula is C22H34ClN3O2. The average molecular weight is 408 g/mol. The molecule has 28 heavy (non-hydrogen) atoms. The van der Waals surface area contributed by atoms with Crippen LogP contribution in [0.5, 0.6) is 5.75 Å². The van der Waals surface area contributed by atoms with Crippen molar-refractivity contribution in [3.05, 3.63) is 28.8 Å². The number of likely N-dealkylation sites (N-methyl/N-ethyl adjacent to an activating group) is 1. The monoisotopic (exact) mass is 407 g/mol. The molecule has 2 aliphatic rings. The average Bonchev–Trinajstić information content (AvgIpc) is 2.74. The van der Waals surface area contributed by atoms with Gasteiger partial charge in [0.1, 0.15) is 5.75 Å². The number of ether oxygens (including phenoxy) is 1. The molecule has 1 aromatic carbocycles. The van der Waals surface area contributed by atoms with Gasteiger partial charge in [-0.15, -0.1) is 0 Å². The first-order chi connectivity index (χ1) is 13.6. The lowest BCUT2D eigenvalue weighted by molar-refractivity contribution is 0.00929. The van der Waals surface area contributed by atoms with E-state index in [1.165, 1.54) is 32.1 Å². The predicted octanol–water partition coefficient (Wildman–Crippen LogP) is 3.46. The molecule has 1 heterocycles. The Balaban J connectivity index is 1.58. The molecule has 0 spiro atoms. The fourth-order valence-corrected chi connectivity index (χ4v) is 4.96. The third-order valence-corrected chi connectivity index (χ3v) is 6.78. The van der Waals surface area contributed by atoms with Crippen molar-refractivity contribution in [2.75, 3.05) is 52.9 Å². The minimum Gasteiger partial charge on any atom is -0.495 e. The van der Waals surface area contributed by atoms with E-state index in [-0.39, 0.29) is 11.3 Å². The van der Waals surface area contributed by atoms with E-state index in [9.17, 15) is 4.79 Å². The van der Waals surface area contributed by atoms with Crippen molar-refractivity contribution in [2.24, 2.45) is 0 Å². The molecule has 1 aromatic rings. The summed E-state index contributed by atoms with van der Waals surface area (Å²) in [5.41, 5.74) is 0.836. The smallest absolute Gasteiger partial charge is 0.176 e. The quantitative estimate of drug-likeness (QED) is 0.668. The Bertz CT molecular complexity index is 653. The van der Waals surface area contributed by atoms with Gasteiger partial charge in [-0.25, -0.2) is 0 Å². The van der Waals surface area contributed by atoms with Gasteiger partial charge in [0.2, 0.25) is 0 Å². The minimum atomic E-state index is 0.0753. The highest BCUT2D eigenvalue weighted by Gasteiger charge is 2.38. The van der Waals surface area contributed by atoms with Crippen molar-refractivity contribution in [3.8, 4) is 5.75 Å². The van der Waals surface area contributed by atoms with Crippen LogP contribution >= 0.6 is 11.6 Å². The number of methoxy groups -OCH3 is 1. The molecule has 1 N–H and O–H groups in total. The molecule has 0 unspecified atom stereocenters. The van der Waals surface area contributed by atoms with Crippen molar-refractivity contribution >= 4 is 17.4 Å². The lowest BCUT2D eigenvalue weighted by Crippen LogP contribution is -2.61. The zero-order valence-corrected chi connectivity index (χ0v) is 18.1. The highest BCUT2D eigenvalue weighted by Crippen LogP contribution is 2.34. The van der Waals surface area contributed by atoms with Crippen LogP contribution in [0.15, 0.2) is 18.2 Å². The zero-order valence-electron chi connectivity index (χ0n) is 17.3. The van der Waals surface area contributed by atoms with Crippen LogP contribution in [-0.2, 0) is 0 Å². The standard InChI is InChI=1S/C22H34ClN3O2/c1-3-25-11-13-26(14-12-25)22(9-5-4-6-10-22)17-24-16-20(27)18-7-8-21(28-2)19(23)15-18/h7-8,15,24H,3-6,9-14,16-17H2,1-2H3. The van der Waals surface area contributed by atoms with Crippen LogP contribution in [0.1, 0.15) is 49.4 Å². The van der Waals surface area contributed by atoms with Gasteiger partial charge in [0, 0.05) is 43.8 Å². The highest BCUT2D eigenvalue weighted by atomic mass is 35.5. The van der Waals surface area contributed by atoms with Crippen LogP contribution in [0.4, 0.5) is 0 Å². The zero-order chi connectivity index (χ0) is 20.0. The SMILES string of the molecule is CCN1CCN(C2(CNCC(=O)c3ccc(OC)c(Cl)c3)CCCCC2)CC1. The lowest BCUT2D eigenvalue weighted by Gasteiger charge is -2.50. The number of Topliss-reactive ketones (excluding diaryl/α,β-unsaturated/α-hetero) is 1. The molecule has 6 heteroatoms. The van der Waals surface area contributed by atoms with E-state index in [1.807, 2.05) is 0 Å². The van der Waals surface area contributed by atoms with Gasteiger partial charge in [-0.2, -0.15) is 0 Å². The first-order valence-corrected chi connectivity index (χ1v) is 11.0. The fraction of sp³-hybridized carbons (Fsp3) is 0.682. The maximum Gasteiger partial charge on any atom is 0.176 e. The third-order valence-electron chi connectivity index (χ3n) is 6.49. The van der Waals surface area contributed by atoms with Crippen LogP contribution in [0.2, 0.25) is 5.02 Å². The molecule has 156 valence electrons. The Morgan fingerprint density at radius 1 is 1.18 bits per heavy atom. The van der Waals surface area contributed by atoms with Crippen LogP contribution in [0.25, 0.3) is 0 Å². The normalized spacial score (nSPS) is 20.8. The number of nitrogens with zero attached hydrogens (tertiary/aromatic N) is 2. The van der Waals surface area contributed by atoms with E-state index in [0.717, 1.165) is 39.3 Å². The van der Waals surface area contributed by atoms with E-state index >= 15 is 0 Å². The van der Waals surface area contributed by atoms with E-state index in [0.29, 0.717) is 22.9 Å². The van der Waals surface area contributed by atoms with Crippen molar-refractivity contribution in [3.63, 3.8) is 0 Å². The summed E-state index contributed by atoms with van der Waals surface area (Å²) < 4.78 is 5.17. The molecule has 1 saturated carbocycles. The first-order valence-electron chi connectivity index (χ1n) is 10.6. The van der Waals surface area contributed by atoms with Crippen LogP contribution in [0, 0.1) is 0 Å². The number of piperazine rings is 1. The molecule has 0 aromatic heterocycles. The lowest BCUT2D eigenvalue weighted by atomic mass is 9.79. The number of hydrogen-bond acceptors (Lipinski definition) is 5. The van der Waals surface area contributed by atoms with Gasteiger partial charge < -0.3 is 15.0 Å². The van der Waals surface area contributed by atoms with Crippen molar-refractivity contribution < 1.29 is 9.53 Å². The Morgan fingerprint density at radius 3 is 2.50 bits per heavy atom. The van der Waals surface area contributed by atoms with Gasteiger partial charge in [-0.3, -0.25) is 9.69 Å². The third kappa shape index (κ3) is 5.07. The summed E-state index contributed by atoms with van der Waals surface area (Å²) in [5.74, 6) is 0.671. The number of rotatable bonds is 8. The van der Waals surface area contributed by atoms with E-state index in [2.05, 4.69) is 22.0 Å². The van der Waals surface area contributed by atoms with Crippen LogP contribution < -0.4 is 10.1 Å². The number of halogens is 1. The molecule has 2 fully saturated rings. The summed E-state index contributed by atoms with van der Waals surface area (Å²) in [5, 5.41) is 3.96. The highest BCUT2D eigenvalue weighted by molar-refractivity contribution is 6.32. The summed E-state index contributed by atoms with van der Waals surface area (Å²) in [6.07, 6.45) is 6.37. The summed E-state index contributed by atoms with van der Waals surface area (Å²) in [7, 11) is 1.58. The molecule has 5 nitrogen and oxygen atoms in total. The topological polar surface area (TPSA) is 44.8 Å². The number of carbonyl (C=O) groups excluding carboxylic acids is 1. The molecule has 1 saturated heterocycles. The molecule has 3 rings (SSSR count). The van der Waals surface area contributed by atoms with Crippen molar-refractivity contribution in [1.82, 2.24) is 15.1 Å². The minimum absolute atomic E-state index is 0.0753. The Labute approximate surface area is 174 Å². The van der Waals surface area contributed by atoms with E-state index < -0.39 is 0 Å². The van der Waals surface area contributed by atoms with Gasteiger partial charge in [-0.05, 0) is 37.6 Å². The molecule has 0 atom stereocenters. The summed E-state index contributed by atoms with van der Waals surface area (Å²) in [6.45, 7) is 9.19. The number of carbonyl (C=O) groups is 1.